The van der Waals surface area contributed by atoms with Crippen LogP contribution in [0.1, 0.15) is 29.7 Å². The molecule has 1 heterocycles. The van der Waals surface area contributed by atoms with Gasteiger partial charge >= 0.3 is 0 Å². The Morgan fingerprint density at radius 1 is 1.03 bits per heavy atom. The Morgan fingerprint density at radius 2 is 1.71 bits per heavy atom. The number of hydrogen-bond acceptors (Lipinski definition) is 6. The molecule has 0 bridgehead atoms. The minimum Gasteiger partial charge on any atom is -0.507 e. The lowest BCUT2D eigenvalue weighted by Gasteiger charge is -2.25. The van der Waals surface area contributed by atoms with Crippen molar-refractivity contribution in [3.8, 4) is 5.75 Å². The monoisotopic (exact) mass is 425 g/mol. The van der Waals surface area contributed by atoms with Gasteiger partial charge < -0.3 is 24.6 Å². The fourth-order valence-corrected chi connectivity index (χ4v) is 3.57. The van der Waals surface area contributed by atoms with E-state index in [1.165, 1.54) is 4.90 Å². The average Bonchev–Trinajstić information content (AvgIpc) is 3.02. The first-order chi connectivity index (χ1) is 15.0. The first kappa shape index (κ1) is 22.5. The number of aliphatic hydroxyl groups is 2. The summed E-state index contributed by atoms with van der Waals surface area (Å²) < 4.78 is 10.7. The van der Waals surface area contributed by atoms with Crippen LogP contribution >= 0.6 is 0 Å². The second kappa shape index (κ2) is 10.2. The molecule has 3 rings (SSSR count). The van der Waals surface area contributed by atoms with Gasteiger partial charge in [-0.2, -0.15) is 0 Å². The molecule has 1 aliphatic heterocycles. The molecule has 1 aliphatic rings. The van der Waals surface area contributed by atoms with Gasteiger partial charge in [-0.05, 0) is 43.7 Å². The van der Waals surface area contributed by atoms with Crippen LogP contribution in [-0.4, -0.2) is 59.8 Å². The number of Topliss-reactive ketones (excluding diaryl/α,β-unsaturated/α-hetero) is 1. The van der Waals surface area contributed by atoms with Gasteiger partial charge in [-0.15, -0.1) is 0 Å². The van der Waals surface area contributed by atoms with Crippen LogP contribution in [-0.2, 0) is 14.3 Å². The first-order valence-corrected chi connectivity index (χ1v) is 10.2. The smallest absolute Gasteiger partial charge is 0.295 e. The van der Waals surface area contributed by atoms with Gasteiger partial charge in [-0.1, -0.05) is 29.8 Å². The molecule has 0 unspecified atom stereocenters. The summed E-state index contributed by atoms with van der Waals surface area (Å²) in [5, 5.41) is 19.9. The second-order valence-electron chi connectivity index (χ2n) is 7.20. The molecule has 2 aromatic rings. The van der Waals surface area contributed by atoms with Crippen molar-refractivity contribution in [2.24, 2.45) is 0 Å². The van der Waals surface area contributed by atoms with Crippen molar-refractivity contribution in [2.45, 2.75) is 19.9 Å². The molecule has 7 nitrogen and oxygen atoms in total. The van der Waals surface area contributed by atoms with E-state index >= 15 is 0 Å². The Bertz CT molecular complexity index is 949. The Hall–Kier alpha value is -3.16. The number of likely N-dealkylation sites (tertiary alicyclic amines) is 1. The van der Waals surface area contributed by atoms with E-state index < -0.39 is 17.7 Å². The molecule has 31 heavy (non-hydrogen) atoms. The first-order valence-electron chi connectivity index (χ1n) is 10.2. The van der Waals surface area contributed by atoms with Crippen LogP contribution in [0.25, 0.3) is 5.76 Å². The number of aliphatic hydroxyl groups excluding tert-OH is 2. The van der Waals surface area contributed by atoms with E-state index in [0.717, 1.165) is 11.1 Å². The lowest BCUT2D eigenvalue weighted by atomic mass is 9.94. The van der Waals surface area contributed by atoms with Gasteiger partial charge in [0.1, 0.15) is 11.5 Å². The number of carbonyl (C=O) groups is 2. The number of rotatable bonds is 9. The van der Waals surface area contributed by atoms with Crippen molar-refractivity contribution in [3.63, 3.8) is 0 Å². The van der Waals surface area contributed by atoms with E-state index in [4.69, 9.17) is 14.6 Å². The predicted molar refractivity (Wildman–Crippen MR) is 116 cm³/mol. The van der Waals surface area contributed by atoms with Crippen molar-refractivity contribution < 1.29 is 29.3 Å². The third-order valence-corrected chi connectivity index (χ3v) is 5.08. The van der Waals surface area contributed by atoms with E-state index in [1.54, 1.807) is 24.3 Å². The van der Waals surface area contributed by atoms with Gasteiger partial charge in [0.05, 0.1) is 38.0 Å². The molecule has 2 N–H and O–H groups in total. The summed E-state index contributed by atoms with van der Waals surface area (Å²) in [5.41, 5.74) is 2.23. The van der Waals surface area contributed by atoms with Gasteiger partial charge in [-0.25, -0.2) is 0 Å². The summed E-state index contributed by atoms with van der Waals surface area (Å²) in [4.78, 5) is 27.1. The molecule has 1 amide bonds. The number of ether oxygens (including phenoxy) is 2. The van der Waals surface area contributed by atoms with Crippen LogP contribution in [0.15, 0.2) is 54.1 Å². The van der Waals surface area contributed by atoms with Crippen LogP contribution < -0.4 is 4.74 Å². The van der Waals surface area contributed by atoms with E-state index in [-0.39, 0.29) is 37.7 Å². The number of aryl methyl sites for hydroxylation is 1. The molecule has 1 saturated heterocycles. The molecule has 7 heteroatoms. The Morgan fingerprint density at radius 3 is 2.32 bits per heavy atom. The molecule has 1 fully saturated rings. The minimum atomic E-state index is -0.737. The number of hydrogen-bond donors (Lipinski definition) is 2. The molecule has 0 aliphatic carbocycles. The highest BCUT2D eigenvalue weighted by molar-refractivity contribution is 6.46. The summed E-state index contributed by atoms with van der Waals surface area (Å²) in [5.74, 6) is -1.01. The lowest BCUT2D eigenvalue weighted by molar-refractivity contribution is -0.140. The van der Waals surface area contributed by atoms with Crippen molar-refractivity contribution >= 4 is 17.4 Å². The number of ketones is 1. The Labute approximate surface area is 181 Å². The second-order valence-corrected chi connectivity index (χ2v) is 7.20. The molecule has 0 radical (unpaired) electrons. The largest absolute Gasteiger partial charge is 0.507 e. The fraction of sp³-hybridized carbons (Fsp3) is 0.333. The van der Waals surface area contributed by atoms with Crippen molar-refractivity contribution in [1.29, 1.82) is 0 Å². The predicted octanol–water partition coefficient (Wildman–Crippen LogP) is 2.82. The molecule has 1 atom stereocenters. The Balaban J connectivity index is 2.02. The van der Waals surface area contributed by atoms with Crippen LogP contribution in [0.5, 0.6) is 5.75 Å². The normalized spacial score (nSPS) is 17.9. The summed E-state index contributed by atoms with van der Waals surface area (Å²) in [6.07, 6.45) is 0. The number of amides is 1. The van der Waals surface area contributed by atoms with Gasteiger partial charge in [-0.3, -0.25) is 9.59 Å². The molecule has 2 aromatic carbocycles. The van der Waals surface area contributed by atoms with E-state index in [1.807, 2.05) is 38.1 Å². The lowest BCUT2D eigenvalue weighted by Crippen LogP contribution is -2.33. The maximum Gasteiger partial charge on any atom is 0.295 e. The highest BCUT2D eigenvalue weighted by Gasteiger charge is 2.45. The average molecular weight is 425 g/mol. The zero-order valence-electron chi connectivity index (χ0n) is 17.7. The maximum atomic E-state index is 12.9. The Kier molecular flexibility index (Phi) is 7.44. The summed E-state index contributed by atoms with van der Waals surface area (Å²) in [6.45, 7) is 4.68. The molecule has 0 aromatic heterocycles. The molecule has 0 saturated carbocycles. The van der Waals surface area contributed by atoms with Crippen molar-refractivity contribution in [1.82, 2.24) is 4.90 Å². The van der Waals surface area contributed by atoms with Gasteiger partial charge in [0.15, 0.2) is 0 Å². The van der Waals surface area contributed by atoms with Crippen LogP contribution in [0.4, 0.5) is 0 Å². The van der Waals surface area contributed by atoms with Crippen molar-refractivity contribution in [2.75, 3.05) is 33.0 Å². The zero-order valence-corrected chi connectivity index (χ0v) is 17.7. The van der Waals surface area contributed by atoms with Gasteiger partial charge in [0.2, 0.25) is 0 Å². The quantitative estimate of drug-likeness (QED) is 0.278. The van der Waals surface area contributed by atoms with Gasteiger partial charge in [0, 0.05) is 12.1 Å². The highest BCUT2D eigenvalue weighted by Crippen LogP contribution is 2.39. The van der Waals surface area contributed by atoms with Crippen LogP contribution in [0.2, 0.25) is 0 Å². The SMILES string of the molecule is CCOc1ccc(C(O)=C2C(=O)C(=O)N(CCOCCO)[C@H]2c2ccc(C)cc2)cc1. The summed E-state index contributed by atoms with van der Waals surface area (Å²) in [7, 11) is 0. The van der Waals surface area contributed by atoms with Crippen LogP contribution in [0.3, 0.4) is 0 Å². The molecular formula is C24H27NO6. The summed E-state index contributed by atoms with van der Waals surface area (Å²) >= 11 is 0. The van der Waals surface area contributed by atoms with Gasteiger partial charge in [0.25, 0.3) is 11.7 Å². The minimum absolute atomic E-state index is 0.0418. The molecule has 0 spiro atoms. The van der Waals surface area contributed by atoms with Crippen LogP contribution in [0, 0.1) is 6.92 Å². The molecule has 164 valence electrons. The topological polar surface area (TPSA) is 96.3 Å². The van der Waals surface area contributed by atoms with E-state index in [0.29, 0.717) is 17.9 Å². The zero-order chi connectivity index (χ0) is 22.4. The maximum absolute atomic E-state index is 12.9. The summed E-state index contributed by atoms with van der Waals surface area (Å²) in [6, 6.07) is 13.5. The number of benzene rings is 2. The van der Waals surface area contributed by atoms with E-state index in [2.05, 4.69) is 0 Å². The fourth-order valence-electron chi connectivity index (χ4n) is 3.57. The standard InChI is InChI=1S/C24H27NO6/c1-3-31-19-10-8-18(9-11-19)22(27)20-21(17-6-4-16(2)5-7-17)25(24(29)23(20)28)12-14-30-15-13-26/h4-11,21,26-27H,3,12-15H2,1-2H3/t21-/m0/s1. The van der Waals surface area contributed by atoms with E-state index in [9.17, 15) is 14.7 Å². The van der Waals surface area contributed by atoms with Crippen molar-refractivity contribution in [3.05, 3.63) is 70.8 Å². The number of carbonyl (C=O) groups excluding carboxylic acids is 2. The highest BCUT2D eigenvalue weighted by atomic mass is 16.5. The third-order valence-electron chi connectivity index (χ3n) is 5.08. The third kappa shape index (κ3) is 4.95. The number of nitrogens with zero attached hydrogens (tertiary/aromatic N) is 1. The molecular weight excluding hydrogens is 398 g/mol.